The number of hydrogen-bond acceptors (Lipinski definition) is 7. The van der Waals surface area contributed by atoms with E-state index in [4.69, 9.17) is 5.73 Å². The molecular weight excluding hydrogens is 298 g/mol. The molecular formula is C12H19N3O3S2. The minimum Gasteiger partial charge on any atom is -0.465 e. The number of ether oxygens (including phenoxy) is 1. The van der Waals surface area contributed by atoms with Crippen LogP contribution in [0.2, 0.25) is 0 Å². The lowest BCUT2D eigenvalue weighted by Gasteiger charge is -2.09. The molecule has 20 heavy (non-hydrogen) atoms. The van der Waals surface area contributed by atoms with Crippen LogP contribution in [0.4, 0.5) is 5.13 Å². The van der Waals surface area contributed by atoms with Gasteiger partial charge < -0.3 is 15.8 Å². The van der Waals surface area contributed by atoms with Crippen molar-refractivity contribution in [2.45, 2.75) is 25.8 Å². The average Bonchev–Trinajstić information content (AvgIpc) is 2.86. The third-order valence-electron chi connectivity index (χ3n) is 2.60. The Kier molecular flexibility index (Phi) is 6.97. The number of amides is 1. The van der Waals surface area contributed by atoms with E-state index in [0.717, 1.165) is 17.1 Å². The number of anilines is 1. The van der Waals surface area contributed by atoms with Crippen molar-refractivity contribution in [3.63, 3.8) is 0 Å². The molecule has 0 aliphatic carbocycles. The van der Waals surface area contributed by atoms with Gasteiger partial charge in [0.2, 0.25) is 5.91 Å². The molecule has 1 rings (SSSR count). The van der Waals surface area contributed by atoms with Crippen molar-refractivity contribution in [1.29, 1.82) is 0 Å². The summed E-state index contributed by atoms with van der Waals surface area (Å²) in [6, 6.07) is -0.571. The molecule has 0 aliphatic heterocycles. The molecule has 1 atom stereocenters. The van der Waals surface area contributed by atoms with Crippen molar-refractivity contribution < 1.29 is 14.3 Å². The highest BCUT2D eigenvalue weighted by Crippen LogP contribution is 2.24. The van der Waals surface area contributed by atoms with E-state index in [2.05, 4.69) is 15.0 Å². The van der Waals surface area contributed by atoms with Crippen LogP contribution in [-0.4, -0.2) is 42.0 Å². The average molecular weight is 317 g/mol. The standard InChI is InChI=1S/C12H19N3O3S2/c1-4-8-9(11(17)18-2)20-12(14-8)15-10(16)7(13)5-6-19-3/h7H,4-6,13H2,1-3H3,(H,14,15,16). The number of carbonyl (C=O) groups is 2. The molecule has 0 aromatic carbocycles. The van der Waals surface area contributed by atoms with Crippen LogP contribution in [0.3, 0.4) is 0 Å². The van der Waals surface area contributed by atoms with Crippen molar-refractivity contribution in [3.05, 3.63) is 10.6 Å². The van der Waals surface area contributed by atoms with Gasteiger partial charge in [-0.15, -0.1) is 0 Å². The first kappa shape index (κ1) is 16.9. The summed E-state index contributed by atoms with van der Waals surface area (Å²) in [7, 11) is 1.32. The van der Waals surface area contributed by atoms with E-state index in [1.807, 2.05) is 13.2 Å². The monoisotopic (exact) mass is 317 g/mol. The Morgan fingerprint density at radius 3 is 2.80 bits per heavy atom. The third-order valence-corrected chi connectivity index (χ3v) is 4.24. The summed E-state index contributed by atoms with van der Waals surface area (Å²) in [5.41, 5.74) is 6.39. The number of nitrogens with zero attached hydrogens (tertiary/aromatic N) is 1. The quantitative estimate of drug-likeness (QED) is 0.740. The summed E-state index contributed by atoms with van der Waals surface area (Å²) < 4.78 is 4.69. The van der Waals surface area contributed by atoms with Gasteiger partial charge in [0, 0.05) is 0 Å². The first-order valence-electron chi connectivity index (χ1n) is 6.16. The van der Waals surface area contributed by atoms with Gasteiger partial charge in [0.25, 0.3) is 0 Å². The molecule has 1 unspecified atom stereocenters. The summed E-state index contributed by atoms with van der Waals surface area (Å²) >= 11 is 2.74. The van der Waals surface area contributed by atoms with Crippen molar-refractivity contribution >= 4 is 40.1 Å². The maximum absolute atomic E-state index is 11.9. The number of esters is 1. The second kappa shape index (κ2) is 8.23. The van der Waals surface area contributed by atoms with Crippen molar-refractivity contribution in [2.75, 3.05) is 24.4 Å². The molecule has 0 saturated heterocycles. The predicted molar refractivity (Wildman–Crippen MR) is 82.4 cm³/mol. The fourth-order valence-corrected chi connectivity index (χ4v) is 2.94. The second-order valence-electron chi connectivity index (χ2n) is 4.02. The van der Waals surface area contributed by atoms with E-state index in [0.29, 0.717) is 28.5 Å². The maximum Gasteiger partial charge on any atom is 0.350 e. The molecule has 0 fully saturated rings. The van der Waals surface area contributed by atoms with Gasteiger partial charge in [-0.1, -0.05) is 18.3 Å². The summed E-state index contributed by atoms with van der Waals surface area (Å²) in [5.74, 6) is 0.0958. The Bertz CT molecular complexity index is 477. The van der Waals surface area contributed by atoms with Crippen LogP contribution < -0.4 is 11.1 Å². The highest BCUT2D eigenvalue weighted by atomic mass is 32.2. The molecule has 8 heteroatoms. The minimum absolute atomic E-state index is 0.285. The second-order valence-corrected chi connectivity index (χ2v) is 6.00. The summed E-state index contributed by atoms with van der Waals surface area (Å²) in [6.07, 6.45) is 3.15. The number of nitrogens with two attached hydrogens (primary N) is 1. The SMILES string of the molecule is CCc1nc(NC(=O)C(N)CCSC)sc1C(=O)OC. The molecule has 0 bridgehead atoms. The molecule has 1 aromatic heterocycles. The Morgan fingerprint density at radius 2 is 2.25 bits per heavy atom. The minimum atomic E-state index is -0.571. The Balaban J connectivity index is 2.75. The van der Waals surface area contributed by atoms with Gasteiger partial charge in [-0.2, -0.15) is 11.8 Å². The number of carbonyl (C=O) groups excluding carboxylic acids is 2. The number of thiazole rings is 1. The van der Waals surface area contributed by atoms with E-state index < -0.39 is 12.0 Å². The number of thioether (sulfide) groups is 1. The lowest BCUT2D eigenvalue weighted by atomic mass is 10.2. The maximum atomic E-state index is 11.9. The van der Waals surface area contributed by atoms with Gasteiger partial charge in [-0.3, -0.25) is 4.79 Å². The highest BCUT2D eigenvalue weighted by molar-refractivity contribution is 7.98. The molecule has 0 saturated carbocycles. The van der Waals surface area contributed by atoms with E-state index in [9.17, 15) is 9.59 Å². The zero-order valence-electron chi connectivity index (χ0n) is 11.8. The number of aryl methyl sites for hydroxylation is 1. The molecule has 112 valence electrons. The first-order valence-corrected chi connectivity index (χ1v) is 8.37. The number of nitrogens with one attached hydrogen (secondary N) is 1. The zero-order valence-corrected chi connectivity index (χ0v) is 13.4. The molecule has 1 amide bonds. The smallest absolute Gasteiger partial charge is 0.350 e. The van der Waals surface area contributed by atoms with Crippen LogP contribution >= 0.6 is 23.1 Å². The van der Waals surface area contributed by atoms with E-state index in [1.165, 1.54) is 7.11 Å². The van der Waals surface area contributed by atoms with Gasteiger partial charge >= 0.3 is 5.97 Å². The number of methoxy groups -OCH3 is 1. The van der Waals surface area contributed by atoms with Gasteiger partial charge in [-0.05, 0) is 24.9 Å². The molecule has 0 radical (unpaired) electrons. The van der Waals surface area contributed by atoms with Gasteiger partial charge in [0.15, 0.2) is 5.13 Å². The molecule has 3 N–H and O–H groups in total. The highest BCUT2D eigenvalue weighted by Gasteiger charge is 2.20. The zero-order chi connectivity index (χ0) is 15.1. The Hall–Kier alpha value is -1.12. The number of aromatic nitrogens is 1. The Morgan fingerprint density at radius 1 is 1.55 bits per heavy atom. The lowest BCUT2D eigenvalue weighted by Crippen LogP contribution is -2.36. The fourth-order valence-electron chi connectivity index (χ4n) is 1.47. The molecule has 0 spiro atoms. The van der Waals surface area contributed by atoms with Crippen LogP contribution in [0.15, 0.2) is 0 Å². The summed E-state index contributed by atoms with van der Waals surface area (Å²) in [5, 5.41) is 3.03. The van der Waals surface area contributed by atoms with E-state index in [1.54, 1.807) is 11.8 Å². The topological polar surface area (TPSA) is 94.3 Å². The molecule has 0 aliphatic rings. The summed E-state index contributed by atoms with van der Waals surface area (Å²) in [6.45, 7) is 1.89. The summed E-state index contributed by atoms with van der Waals surface area (Å²) in [4.78, 5) is 28.1. The van der Waals surface area contributed by atoms with Crippen LogP contribution in [0.1, 0.15) is 28.7 Å². The molecule has 6 nitrogen and oxygen atoms in total. The number of rotatable bonds is 7. The van der Waals surface area contributed by atoms with Crippen LogP contribution in [0.5, 0.6) is 0 Å². The van der Waals surface area contributed by atoms with Crippen LogP contribution in [0.25, 0.3) is 0 Å². The van der Waals surface area contributed by atoms with Gasteiger partial charge in [0.05, 0.1) is 18.8 Å². The molecule has 1 aromatic rings. The molecule has 1 heterocycles. The van der Waals surface area contributed by atoms with E-state index in [-0.39, 0.29) is 5.91 Å². The Labute approximate surface area is 126 Å². The third kappa shape index (κ3) is 4.46. The normalized spacial score (nSPS) is 12.0. The van der Waals surface area contributed by atoms with Crippen molar-refractivity contribution in [1.82, 2.24) is 4.98 Å². The fraction of sp³-hybridized carbons (Fsp3) is 0.583. The predicted octanol–water partition coefficient (Wildman–Crippen LogP) is 1.51. The van der Waals surface area contributed by atoms with Gasteiger partial charge in [0.1, 0.15) is 4.88 Å². The van der Waals surface area contributed by atoms with Crippen LogP contribution in [0, 0.1) is 0 Å². The van der Waals surface area contributed by atoms with E-state index >= 15 is 0 Å². The van der Waals surface area contributed by atoms with Crippen molar-refractivity contribution in [3.8, 4) is 0 Å². The lowest BCUT2D eigenvalue weighted by molar-refractivity contribution is -0.117. The van der Waals surface area contributed by atoms with Crippen LogP contribution in [-0.2, 0) is 16.0 Å². The van der Waals surface area contributed by atoms with Gasteiger partial charge in [-0.25, -0.2) is 9.78 Å². The largest absolute Gasteiger partial charge is 0.465 e. The van der Waals surface area contributed by atoms with Crippen molar-refractivity contribution in [2.24, 2.45) is 5.73 Å². The number of hydrogen-bond donors (Lipinski definition) is 2. The first-order chi connectivity index (χ1) is 9.53.